The van der Waals surface area contributed by atoms with Gasteiger partial charge in [-0.25, -0.2) is 9.59 Å². The normalized spacial score (nSPS) is 13.2. The van der Waals surface area contributed by atoms with Crippen LogP contribution in [-0.2, 0) is 19.1 Å². The highest BCUT2D eigenvalue weighted by Gasteiger charge is 2.45. The van der Waals surface area contributed by atoms with Gasteiger partial charge in [0.25, 0.3) is 0 Å². The van der Waals surface area contributed by atoms with Gasteiger partial charge in [-0.2, -0.15) is 39.5 Å². The zero-order valence-electron chi connectivity index (χ0n) is 15.8. The summed E-state index contributed by atoms with van der Waals surface area (Å²) < 4.78 is 125. The molecule has 0 aliphatic carbocycles. The molecule has 1 amide bonds. The van der Waals surface area contributed by atoms with Crippen molar-refractivity contribution < 1.29 is 68.1 Å². The summed E-state index contributed by atoms with van der Waals surface area (Å²) in [7, 11) is 1.42. The Labute approximate surface area is 172 Å². The molecule has 0 aromatic heterocycles. The lowest BCUT2D eigenvalue weighted by molar-refractivity contribution is -0.207. The van der Waals surface area contributed by atoms with Crippen LogP contribution >= 0.6 is 0 Å². The Morgan fingerprint density at radius 1 is 0.875 bits per heavy atom. The van der Waals surface area contributed by atoms with E-state index in [1.807, 2.05) is 0 Å². The number of esters is 2. The van der Waals surface area contributed by atoms with Crippen molar-refractivity contribution in [2.24, 2.45) is 0 Å². The monoisotopic (exact) mass is 485 g/mol. The third kappa shape index (κ3) is 7.19. The SMILES string of the molecule is COc1cc(C(CN(C)C(=O)C(F)(F)F)OC(=O)C(F)(F)F)ccc1OC(=O)C(F)(F)F. The molecule has 1 atom stereocenters. The zero-order valence-corrected chi connectivity index (χ0v) is 15.8. The van der Waals surface area contributed by atoms with E-state index in [9.17, 15) is 53.9 Å². The predicted octanol–water partition coefficient (Wildman–Crippen LogP) is 3.33. The van der Waals surface area contributed by atoms with Gasteiger partial charge in [-0.3, -0.25) is 4.79 Å². The van der Waals surface area contributed by atoms with Crippen molar-refractivity contribution in [2.75, 3.05) is 20.7 Å². The van der Waals surface area contributed by atoms with Crippen LogP contribution in [0.1, 0.15) is 11.7 Å². The molecule has 1 aromatic carbocycles. The first kappa shape index (κ1) is 26.8. The van der Waals surface area contributed by atoms with E-state index in [4.69, 9.17) is 0 Å². The second-order valence-electron chi connectivity index (χ2n) is 5.87. The minimum Gasteiger partial charge on any atom is -0.493 e. The van der Waals surface area contributed by atoms with Crippen LogP contribution in [0.2, 0.25) is 0 Å². The molecule has 0 N–H and O–H groups in total. The molecule has 1 rings (SSSR count). The number of hydrogen-bond acceptors (Lipinski definition) is 6. The fraction of sp³-hybridized carbons (Fsp3) is 0.438. The summed E-state index contributed by atoms with van der Waals surface area (Å²) in [6, 6.07) is 1.96. The van der Waals surface area contributed by atoms with Crippen molar-refractivity contribution in [3.05, 3.63) is 23.8 Å². The van der Waals surface area contributed by atoms with Crippen LogP contribution in [0, 0.1) is 0 Å². The first-order valence-electron chi connectivity index (χ1n) is 7.95. The fourth-order valence-electron chi connectivity index (χ4n) is 2.08. The quantitative estimate of drug-likeness (QED) is 0.350. The average molecular weight is 485 g/mol. The van der Waals surface area contributed by atoms with Crippen LogP contribution in [0.4, 0.5) is 39.5 Å². The number of likely N-dealkylation sites (N-methyl/N-ethyl adjacent to an activating group) is 1. The molecule has 0 spiro atoms. The molecule has 32 heavy (non-hydrogen) atoms. The molecule has 0 heterocycles. The number of halogens is 9. The van der Waals surface area contributed by atoms with Crippen LogP contribution < -0.4 is 9.47 Å². The van der Waals surface area contributed by atoms with Gasteiger partial charge in [-0.05, 0) is 17.7 Å². The highest BCUT2D eigenvalue weighted by atomic mass is 19.4. The molecular formula is C16H12F9NO6. The van der Waals surface area contributed by atoms with Gasteiger partial charge >= 0.3 is 36.4 Å². The number of alkyl halides is 9. The lowest BCUT2D eigenvalue weighted by Gasteiger charge is -2.26. The van der Waals surface area contributed by atoms with Crippen LogP contribution in [0.3, 0.4) is 0 Å². The van der Waals surface area contributed by atoms with E-state index in [-0.39, 0.29) is 4.90 Å². The number of carbonyl (C=O) groups is 3. The van der Waals surface area contributed by atoms with Gasteiger partial charge in [0.2, 0.25) is 0 Å². The molecule has 0 saturated heterocycles. The van der Waals surface area contributed by atoms with Gasteiger partial charge in [0.15, 0.2) is 11.5 Å². The first-order chi connectivity index (χ1) is 14.4. The highest BCUT2D eigenvalue weighted by Crippen LogP contribution is 2.34. The number of ether oxygens (including phenoxy) is 3. The van der Waals surface area contributed by atoms with E-state index in [0.29, 0.717) is 25.2 Å². The highest BCUT2D eigenvalue weighted by molar-refractivity contribution is 5.82. The van der Waals surface area contributed by atoms with Gasteiger partial charge in [0.1, 0.15) is 6.10 Å². The van der Waals surface area contributed by atoms with Gasteiger partial charge < -0.3 is 19.1 Å². The van der Waals surface area contributed by atoms with E-state index in [0.717, 1.165) is 7.11 Å². The minimum absolute atomic E-state index is 0.0849. The summed E-state index contributed by atoms with van der Waals surface area (Å²) in [6.07, 6.45) is -18.5. The third-order valence-electron chi connectivity index (χ3n) is 3.50. The van der Waals surface area contributed by atoms with E-state index in [2.05, 4.69) is 14.2 Å². The molecule has 0 bridgehead atoms. The predicted molar refractivity (Wildman–Crippen MR) is 83.3 cm³/mol. The summed E-state index contributed by atoms with van der Waals surface area (Å²) in [4.78, 5) is 33.3. The summed E-state index contributed by atoms with van der Waals surface area (Å²) in [6.45, 7) is -1.23. The van der Waals surface area contributed by atoms with E-state index in [1.54, 1.807) is 0 Å². The number of hydrogen-bond donors (Lipinski definition) is 0. The molecule has 0 radical (unpaired) electrons. The summed E-state index contributed by atoms with van der Waals surface area (Å²) in [5, 5.41) is 0. The molecule has 0 aliphatic heterocycles. The topological polar surface area (TPSA) is 82.1 Å². The maximum Gasteiger partial charge on any atom is 0.491 e. The summed E-state index contributed by atoms with van der Waals surface area (Å²) >= 11 is 0. The van der Waals surface area contributed by atoms with Crippen molar-refractivity contribution in [1.82, 2.24) is 4.90 Å². The Hall–Kier alpha value is -3.20. The fourth-order valence-corrected chi connectivity index (χ4v) is 2.08. The number of methoxy groups -OCH3 is 1. The lowest BCUT2D eigenvalue weighted by atomic mass is 10.1. The van der Waals surface area contributed by atoms with Gasteiger partial charge in [0.05, 0.1) is 13.7 Å². The molecule has 0 saturated carbocycles. The molecular weight excluding hydrogens is 473 g/mol. The van der Waals surface area contributed by atoms with Crippen molar-refractivity contribution >= 4 is 17.8 Å². The maximum absolute atomic E-state index is 12.6. The van der Waals surface area contributed by atoms with Crippen molar-refractivity contribution in [3.8, 4) is 11.5 Å². The van der Waals surface area contributed by atoms with E-state index in [1.165, 1.54) is 0 Å². The molecule has 1 unspecified atom stereocenters. The Morgan fingerprint density at radius 2 is 1.41 bits per heavy atom. The van der Waals surface area contributed by atoms with Gasteiger partial charge in [-0.1, -0.05) is 6.07 Å². The first-order valence-corrected chi connectivity index (χ1v) is 7.95. The average Bonchev–Trinajstić information content (AvgIpc) is 2.64. The summed E-state index contributed by atoms with van der Waals surface area (Å²) in [5.74, 6) is -9.48. The Morgan fingerprint density at radius 3 is 1.84 bits per heavy atom. The molecule has 7 nitrogen and oxygen atoms in total. The minimum atomic E-state index is -5.56. The van der Waals surface area contributed by atoms with Crippen molar-refractivity contribution in [2.45, 2.75) is 24.6 Å². The summed E-state index contributed by atoms with van der Waals surface area (Å²) in [5.41, 5.74) is -0.520. The Kier molecular flexibility index (Phi) is 7.98. The lowest BCUT2D eigenvalue weighted by Crippen LogP contribution is -2.41. The molecule has 16 heteroatoms. The van der Waals surface area contributed by atoms with Crippen molar-refractivity contribution in [3.63, 3.8) is 0 Å². The van der Waals surface area contributed by atoms with Gasteiger partial charge in [-0.15, -0.1) is 0 Å². The van der Waals surface area contributed by atoms with Crippen molar-refractivity contribution in [1.29, 1.82) is 0 Å². The third-order valence-corrected chi connectivity index (χ3v) is 3.50. The van der Waals surface area contributed by atoms with Crippen LogP contribution in [0.15, 0.2) is 18.2 Å². The molecule has 0 fully saturated rings. The number of carbonyl (C=O) groups excluding carboxylic acids is 3. The van der Waals surface area contributed by atoms with Crippen LogP contribution in [0.5, 0.6) is 11.5 Å². The smallest absolute Gasteiger partial charge is 0.491 e. The largest absolute Gasteiger partial charge is 0.493 e. The molecule has 0 aliphatic rings. The number of rotatable bonds is 6. The van der Waals surface area contributed by atoms with E-state index < -0.39 is 66.1 Å². The number of nitrogens with zero attached hydrogens (tertiary/aromatic N) is 1. The van der Waals surface area contributed by atoms with Crippen LogP contribution in [-0.4, -0.2) is 62.0 Å². The zero-order chi connectivity index (χ0) is 25.1. The number of amides is 1. The Balaban J connectivity index is 3.32. The maximum atomic E-state index is 12.6. The van der Waals surface area contributed by atoms with E-state index >= 15 is 0 Å². The number of benzene rings is 1. The molecule has 180 valence electrons. The standard InChI is InChI=1S/C16H12F9NO6/c1-26(11(27)14(17,18)19)6-10(32-13(29)16(23,24)25)7-3-4-8(9(5-7)30-2)31-12(28)15(20,21)22/h3-5,10H,6H2,1-2H3. The molecule has 1 aromatic rings. The van der Waals surface area contributed by atoms with Crippen LogP contribution in [0.25, 0.3) is 0 Å². The second-order valence-corrected chi connectivity index (χ2v) is 5.87. The Bertz CT molecular complexity index is 863. The second kappa shape index (κ2) is 9.52. The van der Waals surface area contributed by atoms with Gasteiger partial charge in [0, 0.05) is 7.05 Å².